The van der Waals surface area contributed by atoms with Crippen molar-refractivity contribution in [1.29, 1.82) is 0 Å². The Bertz CT molecular complexity index is 621. The number of nitrogens with zero attached hydrogens (tertiary/aromatic N) is 1. The molecule has 0 bridgehead atoms. The molecule has 0 amide bonds. The van der Waals surface area contributed by atoms with Gasteiger partial charge in [0, 0.05) is 0 Å². The summed E-state index contributed by atoms with van der Waals surface area (Å²) in [5.41, 5.74) is 0. The topological polar surface area (TPSA) is 19.7 Å². The molecule has 0 radical (unpaired) electrons. The number of H-pyrrole nitrogens is 1. The molecule has 2 nitrogen and oxygen atoms in total. The number of rotatable bonds is 31. The summed E-state index contributed by atoms with van der Waals surface area (Å²) in [6.07, 6.45) is 45.7. The molecule has 0 saturated carbocycles. The van der Waals surface area contributed by atoms with Gasteiger partial charge in [0.05, 0.1) is 12.0 Å². The minimum Gasteiger partial charge on any atom is -0.247 e. The van der Waals surface area contributed by atoms with Gasteiger partial charge in [0.1, 0.15) is 12.4 Å². The lowest BCUT2D eigenvalue weighted by atomic mass is 9.93. The predicted molar refractivity (Wildman–Crippen MR) is 179 cm³/mol. The van der Waals surface area contributed by atoms with Crippen molar-refractivity contribution in [2.24, 2.45) is 0 Å². The predicted octanol–water partition coefficient (Wildman–Crippen LogP) is 13.3. The Morgan fingerprint density at radius 3 is 1.18 bits per heavy atom. The van der Waals surface area contributed by atoms with Crippen molar-refractivity contribution in [2.45, 2.75) is 226 Å². The third kappa shape index (κ3) is 20.1. The molecule has 0 aliphatic carbocycles. The smallest absolute Gasteiger partial charge is 0.247 e. The van der Waals surface area contributed by atoms with Crippen LogP contribution in [-0.4, -0.2) is 4.98 Å². The van der Waals surface area contributed by atoms with Gasteiger partial charge in [-0.25, -0.2) is 9.55 Å². The van der Waals surface area contributed by atoms with Crippen LogP contribution in [0.4, 0.5) is 0 Å². The van der Waals surface area contributed by atoms with Crippen LogP contribution in [0.1, 0.15) is 232 Å². The summed E-state index contributed by atoms with van der Waals surface area (Å²) in [5, 5.41) is 0. The molecule has 1 heterocycles. The first-order chi connectivity index (χ1) is 19.7. The Balaban J connectivity index is 2.26. The molecule has 0 aliphatic rings. The van der Waals surface area contributed by atoms with Crippen molar-refractivity contribution in [3.63, 3.8) is 0 Å². The molecule has 1 N–H and O–H groups in total. The largest absolute Gasteiger partial charge is 0.257 e. The Morgan fingerprint density at radius 1 is 0.475 bits per heavy atom. The number of hydrogen-bond donors (Lipinski definition) is 1. The first-order valence-electron chi connectivity index (χ1n) is 18.8. The molecule has 0 aliphatic heterocycles. The molecule has 2 atom stereocenters. The second-order valence-electron chi connectivity index (χ2n) is 13.3. The van der Waals surface area contributed by atoms with Crippen LogP contribution in [0.15, 0.2) is 12.4 Å². The average molecular weight is 560 g/mol. The molecule has 0 aromatic carbocycles. The van der Waals surface area contributed by atoms with E-state index >= 15 is 0 Å². The highest BCUT2D eigenvalue weighted by molar-refractivity contribution is 4.90. The van der Waals surface area contributed by atoms with E-state index in [4.69, 9.17) is 0 Å². The van der Waals surface area contributed by atoms with Crippen molar-refractivity contribution in [3.05, 3.63) is 18.2 Å². The number of hydrogen-bond acceptors (Lipinski definition) is 0. The van der Waals surface area contributed by atoms with E-state index in [0.29, 0.717) is 12.0 Å². The molecule has 40 heavy (non-hydrogen) atoms. The van der Waals surface area contributed by atoms with Gasteiger partial charge in [0.2, 0.25) is 0 Å². The van der Waals surface area contributed by atoms with Crippen LogP contribution >= 0.6 is 0 Å². The van der Waals surface area contributed by atoms with E-state index in [9.17, 15) is 0 Å². The monoisotopic (exact) mass is 560 g/mol. The van der Waals surface area contributed by atoms with E-state index < -0.39 is 0 Å². The molecule has 1 rings (SSSR count). The first-order valence-corrected chi connectivity index (χ1v) is 18.8. The number of aromatic nitrogens is 2. The number of nitrogens with one attached hydrogen (secondary N) is 1. The third-order valence-corrected chi connectivity index (χ3v) is 9.39. The Kier molecular flexibility index (Phi) is 26.4. The third-order valence-electron chi connectivity index (χ3n) is 9.39. The van der Waals surface area contributed by atoms with Crippen molar-refractivity contribution >= 4 is 0 Å². The summed E-state index contributed by atoms with van der Waals surface area (Å²) in [6, 6.07) is 0.621. The molecular formula is C38H75N2+. The lowest BCUT2D eigenvalue weighted by Crippen LogP contribution is -2.41. The van der Waals surface area contributed by atoms with Crippen LogP contribution in [0, 0.1) is 0 Å². The number of imidazole rings is 1. The summed E-state index contributed by atoms with van der Waals surface area (Å²) in [4.78, 5) is 3.72. The molecule has 2 heteroatoms. The molecule has 1 aromatic heterocycles. The second-order valence-corrected chi connectivity index (χ2v) is 13.3. The van der Waals surface area contributed by atoms with Crippen molar-refractivity contribution in [3.8, 4) is 0 Å². The van der Waals surface area contributed by atoms with E-state index in [1.165, 1.54) is 192 Å². The maximum absolute atomic E-state index is 3.72. The average Bonchev–Trinajstić information content (AvgIpc) is 3.45. The van der Waals surface area contributed by atoms with Gasteiger partial charge in [-0.05, 0) is 32.6 Å². The molecule has 2 unspecified atom stereocenters. The van der Waals surface area contributed by atoms with E-state index in [1.807, 2.05) is 0 Å². The fraction of sp³-hybridized carbons (Fsp3) is 0.921. The minimum absolute atomic E-state index is 0.621. The minimum atomic E-state index is 0.621. The van der Waals surface area contributed by atoms with Gasteiger partial charge in [0.25, 0.3) is 5.82 Å². The van der Waals surface area contributed by atoms with Crippen LogP contribution in [0.25, 0.3) is 0 Å². The van der Waals surface area contributed by atoms with Gasteiger partial charge in [0.15, 0.2) is 0 Å². The van der Waals surface area contributed by atoms with E-state index in [1.54, 1.807) is 0 Å². The fourth-order valence-corrected chi connectivity index (χ4v) is 6.60. The molecule has 1 aromatic rings. The van der Waals surface area contributed by atoms with Crippen LogP contribution in [0.2, 0.25) is 0 Å². The summed E-state index contributed by atoms with van der Waals surface area (Å²) in [6.45, 7) is 9.41. The highest BCUT2D eigenvalue weighted by Crippen LogP contribution is 2.27. The highest BCUT2D eigenvalue weighted by atomic mass is 15.1. The molecular weight excluding hydrogens is 484 g/mol. The summed E-state index contributed by atoms with van der Waals surface area (Å²) in [7, 11) is 0. The molecule has 236 valence electrons. The van der Waals surface area contributed by atoms with Crippen LogP contribution in [0.3, 0.4) is 0 Å². The van der Waals surface area contributed by atoms with Crippen molar-refractivity contribution in [1.82, 2.24) is 4.98 Å². The van der Waals surface area contributed by atoms with Crippen molar-refractivity contribution < 1.29 is 4.57 Å². The van der Waals surface area contributed by atoms with Gasteiger partial charge in [-0.15, -0.1) is 0 Å². The first kappa shape index (κ1) is 37.2. The number of unbranched alkanes of at least 4 members (excludes halogenated alkanes) is 23. The molecule has 0 saturated heterocycles. The summed E-state index contributed by atoms with van der Waals surface area (Å²) >= 11 is 0. The Morgan fingerprint density at radius 2 is 0.800 bits per heavy atom. The molecule has 0 spiro atoms. The Hall–Kier alpha value is -0.790. The summed E-state index contributed by atoms with van der Waals surface area (Å²) < 4.78 is 2.62. The zero-order chi connectivity index (χ0) is 28.9. The number of aromatic amines is 1. The maximum atomic E-state index is 3.72. The quantitative estimate of drug-likeness (QED) is 0.0689. The van der Waals surface area contributed by atoms with Gasteiger partial charge in [-0.2, -0.15) is 0 Å². The summed E-state index contributed by atoms with van der Waals surface area (Å²) in [5.74, 6) is 2.24. The zero-order valence-electron chi connectivity index (χ0n) is 28.3. The van der Waals surface area contributed by atoms with Crippen molar-refractivity contribution in [2.75, 3.05) is 0 Å². The van der Waals surface area contributed by atoms with E-state index in [-0.39, 0.29) is 0 Å². The van der Waals surface area contributed by atoms with Crippen LogP contribution in [0.5, 0.6) is 0 Å². The van der Waals surface area contributed by atoms with E-state index in [2.05, 4.69) is 49.6 Å². The van der Waals surface area contributed by atoms with Gasteiger partial charge in [-0.3, -0.25) is 0 Å². The van der Waals surface area contributed by atoms with Gasteiger partial charge < -0.3 is 0 Å². The van der Waals surface area contributed by atoms with Gasteiger partial charge >= 0.3 is 0 Å². The lowest BCUT2D eigenvalue weighted by molar-refractivity contribution is -0.727. The fourth-order valence-electron chi connectivity index (χ4n) is 6.60. The second kappa shape index (κ2) is 28.3. The van der Waals surface area contributed by atoms with Crippen LogP contribution < -0.4 is 4.57 Å². The van der Waals surface area contributed by atoms with Crippen LogP contribution in [-0.2, 0) is 0 Å². The SMILES string of the molecule is CCCCCCCCCCCCCCCCCC(C)[n+]1cc[nH]c1C(CCCCCCC)CCCCCCCC. The zero-order valence-corrected chi connectivity index (χ0v) is 28.3. The highest BCUT2D eigenvalue weighted by Gasteiger charge is 2.25. The maximum Gasteiger partial charge on any atom is 0.257 e. The standard InChI is InChI=1S/C38H74N2/c1-5-8-11-14-16-17-18-19-20-21-22-23-24-26-28-31-36(4)40-35-34-39-38(40)37(32-29-25-13-10-7-3)33-30-27-15-12-9-6-2/h34-37H,5-33H2,1-4H3/p+1. The van der Waals surface area contributed by atoms with E-state index in [0.717, 1.165) is 0 Å². The normalized spacial score (nSPS) is 13.2. The van der Waals surface area contributed by atoms with Gasteiger partial charge in [-0.1, -0.05) is 181 Å². The Labute approximate surface area is 253 Å². The lowest BCUT2D eigenvalue weighted by Gasteiger charge is -2.17. The molecule has 0 fully saturated rings.